The minimum Gasteiger partial charge on any atom is -0.398 e. The van der Waals surface area contributed by atoms with E-state index in [-0.39, 0.29) is 18.1 Å². The van der Waals surface area contributed by atoms with E-state index in [1.54, 1.807) is 0 Å². The number of nitrogens with zero attached hydrogens (tertiary/aromatic N) is 2. The molecular formula is C20H26BrN5O. The van der Waals surface area contributed by atoms with Crippen molar-refractivity contribution in [3.63, 3.8) is 0 Å². The highest BCUT2D eigenvalue weighted by Crippen LogP contribution is 2.45. The van der Waals surface area contributed by atoms with Gasteiger partial charge >= 0.3 is 6.03 Å². The normalized spacial score (nSPS) is 21.7. The van der Waals surface area contributed by atoms with E-state index >= 15 is 0 Å². The van der Waals surface area contributed by atoms with Crippen LogP contribution in [0.2, 0.25) is 0 Å². The first-order chi connectivity index (χ1) is 12.9. The smallest absolute Gasteiger partial charge is 0.317 e. The molecule has 0 fully saturated rings. The molecule has 0 spiro atoms. The van der Waals surface area contributed by atoms with E-state index in [1.807, 2.05) is 30.9 Å². The van der Waals surface area contributed by atoms with E-state index < -0.39 is 0 Å². The van der Waals surface area contributed by atoms with Gasteiger partial charge in [0.05, 0.1) is 10.6 Å². The topological polar surface area (TPSA) is 77.4 Å². The Bertz CT molecular complexity index is 930. The molecule has 6 nitrogen and oxygen atoms in total. The molecule has 2 aromatic rings. The maximum Gasteiger partial charge on any atom is 0.317 e. The zero-order chi connectivity index (χ0) is 19.3. The summed E-state index contributed by atoms with van der Waals surface area (Å²) in [6.07, 6.45) is 3.14. The standard InChI is InChI=1S/C20H26BrN5O/c1-4-26(5-2)20(27)23-11-8-12-16(25(3)10-11)9-13-18-15(24-19(13)21)7-6-14(22)17(12)18/h6-8,11,16,24H,4-5,9-10,22H2,1-3H3,(H,23,27)/t11-,16+/m0/s1. The Morgan fingerprint density at radius 2 is 2.15 bits per heavy atom. The number of nitrogens with one attached hydrogen (secondary N) is 2. The van der Waals surface area contributed by atoms with Gasteiger partial charge in [0, 0.05) is 47.8 Å². The molecule has 2 amide bonds. The van der Waals surface area contributed by atoms with Crippen LogP contribution in [-0.4, -0.2) is 59.6 Å². The van der Waals surface area contributed by atoms with Crippen molar-refractivity contribution >= 4 is 44.1 Å². The molecule has 0 unspecified atom stereocenters. The van der Waals surface area contributed by atoms with Crippen molar-refractivity contribution in [1.29, 1.82) is 0 Å². The number of rotatable bonds is 3. The van der Waals surface area contributed by atoms with Gasteiger partial charge in [0.2, 0.25) is 0 Å². The molecule has 1 aromatic carbocycles. The molecule has 1 aliphatic heterocycles. The summed E-state index contributed by atoms with van der Waals surface area (Å²) in [5.41, 5.74) is 11.9. The molecule has 27 heavy (non-hydrogen) atoms. The van der Waals surface area contributed by atoms with Crippen LogP contribution < -0.4 is 11.1 Å². The lowest BCUT2D eigenvalue weighted by Crippen LogP contribution is -2.52. The van der Waals surface area contributed by atoms with Crippen molar-refractivity contribution in [3.8, 4) is 0 Å². The summed E-state index contributed by atoms with van der Waals surface area (Å²) in [6, 6.07) is 4.22. The summed E-state index contributed by atoms with van der Waals surface area (Å²) in [4.78, 5) is 20.1. The fourth-order valence-corrected chi connectivity index (χ4v) is 5.03. The van der Waals surface area contributed by atoms with Gasteiger partial charge in [-0.25, -0.2) is 4.79 Å². The first-order valence-electron chi connectivity index (χ1n) is 9.50. The van der Waals surface area contributed by atoms with Crippen molar-refractivity contribution < 1.29 is 4.79 Å². The minimum atomic E-state index is -0.0343. The number of carbonyl (C=O) groups excluding carboxylic acids is 1. The highest BCUT2D eigenvalue weighted by Gasteiger charge is 2.36. The number of halogens is 1. The Labute approximate surface area is 167 Å². The molecule has 2 aliphatic rings. The van der Waals surface area contributed by atoms with Crippen molar-refractivity contribution in [2.75, 3.05) is 32.4 Å². The average Bonchev–Trinajstić information content (AvgIpc) is 2.95. The van der Waals surface area contributed by atoms with Crippen molar-refractivity contribution in [2.24, 2.45) is 0 Å². The molecule has 4 N–H and O–H groups in total. The SMILES string of the molecule is CCN(CC)C(=O)N[C@H]1C=C2c3c(N)ccc4[nH]c(Br)c(c34)C[C@H]2N(C)C1. The Morgan fingerprint density at radius 3 is 2.85 bits per heavy atom. The maximum absolute atomic E-state index is 12.5. The molecular weight excluding hydrogens is 406 g/mol. The molecule has 0 radical (unpaired) electrons. The van der Waals surface area contributed by atoms with Crippen LogP contribution in [-0.2, 0) is 6.42 Å². The van der Waals surface area contributed by atoms with Gasteiger partial charge in [0.15, 0.2) is 0 Å². The van der Waals surface area contributed by atoms with Gasteiger partial charge in [-0.3, -0.25) is 4.90 Å². The molecule has 144 valence electrons. The molecule has 2 atom stereocenters. The predicted octanol–water partition coefficient (Wildman–Crippen LogP) is 3.19. The lowest BCUT2D eigenvalue weighted by Gasteiger charge is -2.40. The fraction of sp³-hybridized carbons (Fsp3) is 0.450. The molecule has 2 heterocycles. The molecule has 4 rings (SSSR count). The Morgan fingerprint density at radius 1 is 1.41 bits per heavy atom. The summed E-state index contributed by atoms with van der Waals surface area (Å²) in [6.45, 7) is 6.19. The van der Waals surface area contributed by atoms with Crippen molar-refractivity contribution in [3.05, 3.63) is 33.9 Å². The minimum absolute atomic E-state index is 0.0132. The lowest BCUT2D eigenvalue weighted by atomic mass is 9.80. The average molecular weight is 432 g/mol. The number of urea groups is 1. The van der Waals surface area contributed by atoms with Crippen molar-refractivity contribution in [1.82, 2.24) is 20.1 Å². The van der Waals surface area contributed by atoms with Crippen LogP contribution in [0.15, 0.2) is 22.8 Å². The van der Waals surface area contributed by atoms with E-state index in [1.165, 1.54) is 16.5 Å². The van der Waals surface area contributed by atoms with Crippen LogP contribution in [0.5, 0.6) is 0 Å². The third-order valence-electron chi connectivity index (χ3n) is 5.85. The number of anilines is 1. The van der Waals surface area contributed by atoms with Crippen LogP contribution in [0.25, 0.3) is 16.5 Å². The first-order valence-corrected chi connectivity index (χ1v) is 10.3. The first kappa shape index (κ1) is 18.4. The zero-order valence-electron chi connectivity index (χ0n) is 16.0. The van der Waals surface area contributed by atoms with E-state index in [2.05, 4.69) is 44.3 Å². The number of nitrogens with two attached hydrogens (primary N) is 1. The largest absolute Gasteiger partial charge is 0.398 e. The summed E-state index contributed by atoms with van der Waals surface area (Å²) >= 11 is 3.68. The van der Waals surface area contributed by atoms with Gasteiger partial charge in [0.25, 0.3) is 0 Å². The van der Waals surface area contributed by atoms with Crippen LogP contribution >= 0.6 is 15.9 Å². The number of amides is 2. The van der Waals surface area contributed by atoms with Crippen molar-refractivity contribution in [2.45, 2.75) is 32.4 Å². The lowest BCUT2D eigenvalue weighted by molar-refractivity contribution is 0.193. The van der Waals surface area contributed by atoms with Gasteiger partial charge in [0.1, 0.15) is 0 Å². The Kier molecular flexibility index (Phi) is 4.68. The van der Waals surface area contributed by atoms with Crippen LogP contribution in [0, 0.1) is 0 Å². The van der Waals surface area contributed by atoms with Gasteiger partial charge in [-0.05, 0) is 66.5 Å². The number of fused-ring (bicyclic) bond motifs is 2. The molecule has 1 aliphatic carbocycles. The fourth-order valence-electron chi connectivity index (χ4n) is 4.46. The quantitative estimate of drug-likeness (QED) is 0.652. The molecule has 0 saturated heterocycles. The van der Waals surface area contributed by atoms with Crippen LogP contribution in [0.4, 0.5) is 10.5 Å². The number of hydrogen-bond donors (Lipinski definition) is 3. The third-order valence-corrected chi connectivity index (χ3v) is 6.53. The third kappa shape index (κ3) is 2.93. The number of likely N-dealkylation sites (N-methyl/N-ethyl adjacent to an activating group) is 1. The van der Waals surface area contributed by atoms with Crippen LogP contribution in [0.1, 0.15) is 25.0 Å². The highest BCUT2D eigenvalue weighted by atomic mass is 79.9. The second kappa shape index (κ2) is 6.87. The maximum atomic E-state index is 12.5. The van der Waals surface area contributed by atoms with E-state index in [0.717, 1.165) is 34.3 Å². The number of nitrogen functional groups attached to an aromatic ring is 1. The zero-order valence-corrected chi connectivity index (χ0v) is 17.6. The predicted molar refractivity (Wildman–Crippen MR) is 114 cm³/mol. The number of hydrogen-bond acceptors (Lipinski definition) is 3. The monoisotopic (exact) mass is 431 g/mol. The van der Waals surface area contributed by atoms with Gasteiger partial charge in [-0.1, -0.05) is 6.08 Å². The number of benzene rings is 1. The summed E-state index contributed by atoms with van der Waals surface area (Å²) in [5, 5.41) is 4.38. The number of carbonyl (C=O) groups is 1. The molecule has 7 heteroatoms. The number of aromatic nitrogens is 1. The van der Waals surface area contributed by atoms with E-state index in [9.17, 15) is 4.79 Å². The van der Waals surface area contributed by atoms with Gasteiger partial charge in [-0.2, -0.15) is 0 Å². The Hall–Kier alpha value is -1.99. The Balaban J connectivity index is 1.77. The highest BCUT2D eigenvalue weighted by molar-refractivity contribution is 9.10. The molecule has 1 aromatic heterocycles. The van der Waals surface area contributed by atoms with Gasteiger partial charge < -0.3 is 20.9 Å². The van der Waals surface area contributed by atoms with E-state index in [0.29, 0.717) is 13.1 Å². The number of H-pyrrole nitrogens is 1. The second-order valence-electron chi connectivity index (χ2n) is 7.38. The molecule has 0 saturated carbocycles. The summed E-state index contributed by atoms with van der Waals surface area (Å²) in [7, 11) is 2.12. The molecule has 0 bridgehead atoms. The van der Waals surface area contributed by atoms with Crippen LogP contribution in [0.3, 0.4) is 0 Å². The van der Waals surface area contributed by atoms with E-state index in [4.69, 9.17) is 5.73 Å². The second-order valence-corrected chi connectivity index (χ2v) is 8.17. The summed E-state index contributed by atoms with van der Waals surface area (Å²) in [5.74, 6) is 0. The number of aromatic amines is 1. The van der Waals surface area contributed by atoms with Gasteiger partial charge in [-0.15, -0.1) is 0 Å². The summed E-state index contributed by atoms with van der Waals surface area (Å²) < 4.78 is 1.04.